The summed E-state index contributed by atoms with van der Waals surface area (Å²) in [6, 6.07) is 7.86. The fraction of sp³-hybridized carbons (Fsp3) is 0.667. The van der Waals surface area contributed by atoms with Crippen LogP contribution in [-0.4, -0.2) is 23.7 Å². The minimum Gasteiger partial charge on any atom is -0.506 e. The van der Waals surface area contributed by atoms with Crippen LogP contribution < -0.4 is 10.6 Å². The molecule has 0 bridgehead atoms. The van der Waals surface area contributed by atoms with Gasteiger partial charge in [0.1, 0.15) is 5.75 Å². The number of hydrogen-bond acceptors (Lipinski definition) is 2. The molecule has 2 unspecified atom stereocenters. The van der Waals surface area contributed by atoms with E-state index in [2.05, 4.69) is 17.6 Å². The van der Waals surface area contributed by atoms with Crippen LogP contribution in [0.3, 0.4) is 0 Å². The van der Waals surface area contributed by atoms with Crippen molar-refractivity contribution in [3.05, 3.63) is 24.3 Å². The molecule has 0 spiro atoms. The normalized spacial score (nSPS) is 25.6. The summed E-state index contributed by atoms with van der Waals surface area (Å²) in [4.78, 5) is 4.90. The molecule has 0 radical (unpaired) electrons. The first-order valence-corrected chi connectivity index (χ1v) is 10.1. The van der Waals surface area contributed by atoms with Crippen molar-refractivity contribution in [3.63, 3.8) is 0 Å². The molecule has 0 aromatic heterocycles. The first kappa shape index (κ1) is 18.1. The van der Waals surface area contributed by atoms with E-state index in [0.29, 0.717) is 17.9 Å². The highest BCUT2D eigenvalue weighted by atomic mass is 16.3. The Balaban J connectivity index is 1.69. The molecule has 1 aromatic carbocycles. The Morgan fingerprint density at radius 1 is 1.04 bits per heavy atom. The van der Waals surface area contributed by atoms with Gasteiger partial charge in [-0.05, 0) is 49.7 Å². The van der Waals surface area contributed by atoms with Crippen molar-refractivity contribution in [2.24, 2.45) is 16.8 Å². The van der Waals surface area contributed by atoms with Crippen LogP contribution in [-0.2, 0) is 0 Å². The van der Waals surface area contributed by atoms with Gasteiger partial charge in [0.2, 0.25) is 0 Å². The highest BCUT2D eigenvalue weighted by Gasteiger charge is 2.22. The highest BCUT2D eigenvalue weighted by molar-refractivity contribution is 5.95. The third kappa shape index (κ3) is 5.38. The minimum absolute atomic E-state index is 0.270. The Kier molecular flexibility index (Phi) is 6.60. The van der Waals surface area contributed by atoms with Crippen molar-refractivity contribution >= 4 is 11.6 Å². The molecule has 0 saturated heterocycles. The van der Waals surface area contributed by atoms with Crippen LogP contribution >= 0.6 is 0 Å². The predicted octanol–water partition coefficient (Wildman–Crippen LogP) is 4.91. The number of benzene rings is 1. The van der Waals surface area contributed by atoms with E-state index in [1.54, 1.807) is 6.07 Å². The lowest BCUT2D eigenvalue weighted by Crippen LogP contribution is -2.44. The number of aromatic hydroxyl groups is 1. The van der Waals surface area contributed by atoms with Gasteiger partial charge in [-0.3, -0.25) is 4.99 Å². The Morgan fingerprint density at radius 2 is 1.76 bits per heavy atom. The number of anilines is 1. The Morgan fingerprint density at radius 3 is 2.52 bits per heavy atom. The van der Waals surface area contributed by atoms with Gasteiger partial charge in [-0.1, -0.05) is 51.2 Å². The zero-order valence-electron chi connectivity index (χ0n) is 15.5. The van der Waals surface area contributed by atoms with Crippen molar-refractivity contribution in [1.82, 2.24) is 5.32 Å². The summed E-state index contributed by atoms with van der Waals surface area (Å²) in [5, 5.41) is 17.1. The molecule has 2 atom stereocenters. The molecule has 4 nitrogen and oxygen atoms in total. The molecule has 3 N–H and O–H groups in total. The van der Waals surface area contributed by atoms with Crippen LogP contribution in [0.2, 0.25) is 0 Å². The number of rotatable bonds is 4. The average molecular weight is 344 g/mol. The van der Waals surface area contributed by atoms with E-state index in [0.717, 1.165) is 18.2 Å². The van der Waals surface area contributed by atoms with Crippen molar-refractivity contribution < 1.29 is 5.11 Å². The molecular weight excluding hydrogens is 310 g/mol. The number of hydrogen-bond donors (Lipinski definition) is 3. The summed E-state index contributed by atoms with van der Waals surface area (Å²) in [5.41, 5.74) is 0.723. The van der Waals surface area contributed by atoms with E-state index in [1.165, 1.54) is 57.8 Å². The Hall–Kier alpha value is -1.71. The van der Waals surface area contributed by atoms with Gasteiger partial charge < -0.3 is 15.7 Å². The molecule has 138 valence electrons. The Labute approximate surface area is 152 Å². The topological polar surface area (TPSA) is 56.7 Å². The van der Waals surface area contributed by atoms with Gasteiger partial charge in [0.25, 0.3) is 0 Å². The van der Waals surface area contributed by atoms with E-state index in [4.69, 9.17) is 4.99 Å². The standard InChI is InChI=1S/C21H33N3O/c1-16-9-5-6-12-18(16)23-21(22-15-17-10-3-2-4-11-17)24-19-13-7-8-14-20(19)25/h7-8,13-14,16-18,25H,2-6,9-12,15H2,1H3,(H2,22,23,24). The molecule has 2 aliphatic rings. The third-order valence-corrected chi connectivity index (χ3v) is 5.82. The van der Waals surface area contributed by atoms with Crippen molar-refractivity contribution in [1.29, 1.82) is 0 Å². The Bertz CT molecular complexity index is 566. The number of guanidine groups is 1. The summed E-state index contributed by atoms with van der Waals surface area (Å²) in [7, 11) is 0. The maximum absolute atomic E-state index is 10.1. The first-order chi connectivity index (χ1) is 12.2. The van der Waals surface area contributed by atoms with Crippen molar-refractivity contribution in [3.8, 4) is 5.75 Å². The molecule has 0 amide bonds. The van der Waals surface area contributed by atoms with E-state index in [-0.39, 0.29) is 5.75 Å². The number of aliphatic imine (C=N–C) groups is 1. The number of phenols is 1. The zero-order valence-corrected chi connectivity index (χ0v) is 15.5. The summed E-state index contributed by atoms with van der Waals surface area (Å²) in [6.07, 6.45) is 11.8. The number of nitrogens with one attached hydrogen (secondary N) is 2. The maximum Gasteiger partial charge on any atom is 0.196 e. The van der Waals surface area contributed by atoms with Crippen molar-refractivity contribution in [2.75, 3.05) is 11.9 Å². The molecule has 2 aliphatic carbocycles. The minimum atomic E-state index is 0.270. The lowest BCUT2D eigenvalue weighted by molar-refractivity contribution is 0.308. The van der Waals surface area contributed by atoms with Gasteiger partial charge in [0, 0.05) is 12.6 Å². The van der Waals surface area contributed by atoms with Gasteiger partial charge in [-0.25, -0.2) is 0 Å². The summed E-state index contributed by atoms with van der Waals surface area (Å²) in [5.74, 6) is 2.47. The molecule has 1 aromatic rings. The molecule has 25 heavy (non-hydrogen) atoms. The van der Waals surface area contributed by atoms with Crippen LogP contribution in [0, 0.1) is 11.8 Å². The number of para-hydroxylation sites is 2. The molecule has 3 rings (SSSR count). The quantitative estimate of drug-likeness (QED) is 0.414. The fourth-order valence-electron chi connectivity index (χ4n) is 4.12. The maximum atomic E-state index is 10.1. The molecule has 2 saturated carbocycles. The van der Waals surface area contributed by atoms with E-state index >= 15 is 0 Å². The van der Waals surface area contributed by atoms with Crippen LogP contribution in [0.15, 0.2) is 29.3 Å². The second-order valence-corrected chi connectivity index (χ2v) is 7.85. The SMILES string of the molecule is CC1CCCCC1NC(=NCC1CCCCC1)Nc1ccccc1O. The number of phenolic OH excluding ortho intramolecular Hbond substituents is 1. The van der Waals surface area contributed by atoms with Gasteiger partial charge in [-0.15, -0.1) is 0 Å². The van der Waals surface area contributed by atoms with Gasteiger partial charge >= 0.3 is 0 Å². The molecule has 4 heteroatoms. The average Bonchev–Trinajstić information content (AvgIpc) is 2.64. The number of nitrogens with zero attached hydrogens (tertiary/aromatic N) is 1. The monoisotopic (exact) mass is 343 g/mol. The third-order valence-electron chi connectivity index (χ3n) is 5.82. The highest BCUT2D eigenvalue weighted by Crippen LogP contribution is 2.26. The molecule has 0 heterocycles. The fourth-order valence-corrected chi connectivity index (χ4v) is 4.12. The van der Waals surface area contributed by atoms with E-state index in [9.17, 15) is 5.11 Å². The lowest BCUT2D eigenvalue weighted by Gasteiger charge is -2.31. The van der Waals surface area contributed by atoms with Gasteiger partial charge in [0.15, 0.2) is 5.96 Å². The van der Waals surface area contributed by atoms with Crippen LogP contribution in [0.25, 0.3) is 0 Å². The van der Waals surface area contributed by atoms with Crippen LogP contribution in [0.1, 0.15) is 64.7 Å². The summed E-state index contributed by atoms with van der Waals surface area (Å²) < 4.78 is 0. The summed E-state index contributed by atoms with van der Waals surface area (Å²) >= 11 is 0. The predicted molar refractivity (Wildman–Crippen MR) is 105 cm³/mol. The van der Waals surface area contributed by atoms with Gasteiger partial charge in [0.05, 0.1) is 5.69 Å². The lowest BCUT2D eigenvalue weighted by atomic mass is 9.86. The first-order valence-electron chi connectivity index (χ1n) is 10.1. The van der Waals surface area contributed by atoms with Crippen molar-refractivity contribution in [2.45, 2.75) is 70.8 Å². The largest absolute Gasteiger partial charge is 0.506 e. The molecular formula is C21H33N3O. The smallest absolute Gasteiger partial charge is 0.196 e. The van der Waals surface area contributed by atoms with Crippen LogP contribution in [0.5, 0.6) is 5.75 Å². The van der Waals surface area contributed by atoms with E-state index < -0.39 is 0 Å². The van der Waals surface area contributed by atoms with Gasteiger partial charge in [-0.2, -0.15) is 0 Å². The molecule has 2 fully saturated rings. The zero-order chi connectivity index (χ0) is 17.5. The summed E-state index contributed by atoms with van der Waals surface area (Å²) in [6.45, 7) is 3.21. The van der Waals surface area contributed by atoms with Crippen LogP contribution in [0.4, 0.5) is 5.69 Å². The second kappa shape index (κ2) is 9.12. The van der Waals surface area contributed by atoms with E-state index in [1.807, 2.05) is 18.2 Å². The second-order valence-electron chi connectivity index (χ2n) is 7.85. The molecule has 0 aliphatic heterocycles.